The number of aryl methyl sites for hydroxylation is 1. The molecule has 0 spiro atoms. The molecule has 0 N–H and O–H groups in total. The van der Waals surface area contributed by atoms with Crippen molar-refractivity contribution in [1.29, 1.82) is 0 Å². The Hall–Kier alpha value is -1.28. The molecular formula is C23H45NO. The molecule has 1 fully saturated rings. The molecular weight excluding hydrogens is 306 g/mol. The molecule has 2 heteroatoms. The molecule has 0 saturated carbocycles. The van der Waals surface area contributed by atoms with Gasteiger partial charge in [0.25, 0.3) is 0 Å². The molecule has 1 aliphatic rings. The molecule has 0 aliphatic carbocycles. The molecule has 1 heterocycles. The van der Waals surface area contributed by atoms with Gasteiger partial charge in [-0.15, -0.1) is 0 Å². The van der Waals surface area contributed by atoms with Gasteiger partial charge in [0.2, 0.25) is 0 Å². The molecule has 148 valence electrons. The van der Waals surface area contributed by atoms with Gasteiger partial charge in [0, 0.05) is 20.0 Å². The molecule has 1 aromatic carbocycles. The summed E-state index contributed by atoms with van der Waals surface area (Å²) >= 11 is 0. The Morgan fingerprint density at radius 1 is 1.04 bits per heavy atom. The molecule has 0 radical (unpaired) electrons. The second-order valence-corrected chi connectivity index (χ2v) is 5.24. The van der Waals surface area contributed by atoms with Crippen LogP contribution in [-0.4, -0.2) is 32.1 Å². The molecule has 1 saturated heterocycles. The first kappa shape index (κ1) is 26.0. The highest BCUT2D eigenvalue weighted by Crippen LogP contribution is 2.32. The largest absolute Gasteiger partial charge is 0.496 e. The van der Waals surface area contributed by atoms with Crippen molar-refractivity contribution < 1.29 is 6.11 Å². The molecule has 0 aromatic heterocycles. The number of hydrogen-bond donors (Lipinski definition) is 0. The zero-order valence-electron chi connectivity index (χ0n) is 19.9. The zero-order chi connectivity index (χ0) is 21.1. The van der Waals surface area contributed by atoms with Gasteiger partial charge < -0.3 is 9.64 Å². The quantitative estimate of drug-likeness (QED) is 0.557. The molecule has 0 atom stereocenters. The first-order valence-electron chi connectivity index (χ1n) is 10.6. The monoisotopic (exact) mass is 352 g/mol. The van der Waals surface area contributed by atoms with Crippen molar-refractivity contribution in [3.05, 3.63) is 34.9 Å². The highest BCUT2D eigenvalue weighted by Gasteiger charge is 2.15. The van der Waals surface area contributed by atoms with Crippen LogP contribution >= 0.6 is 0 Å². The number of ether oxygens (including phenoxy) is 1. The van der Waals surface area contributed by atoms with Gasteiger partial charge in [-0.2, -0.15) is 0 Å². The van der Waals surface area contributed by atoms with E-state index < -0.39 is 0 Å². The number of benzene rings is 1. The summed E-state index contributed by atoms with van der Waals surface area (Å²) in [5.74, 6) is 0.990. The van der Waals surface area contributed by atoms with Crippen molar-refractivity contribution in [2.24, 2.45) is 0 Å². The summed E-state index contributed by atoms with van der Waals surface area (Å²) in [6.45, 7) is 18.7. The van der Waals surface area contributed by atoms with Crippen molar-refractivity contribution in [1.82, 2.24) is 4.90 Å². The summed E-state index contributed by atoms with van der Waals surface area (Å²) < 4.78 is 11.2. The Kier molecular flexibility index (Phi) is 18.2. The van der Waals surface area contributed by atoms with Gasteiger partial charge >= 0.3 is 0 Å². The Bertz CT molecular complexity index is 459. The molecule has 0 bridgehead atoms. The molecule has 25 heavy (non-hydrogen) atoms. The maximum atomic E-state index is 5.75. The van der Waals surface area contributed by atoms with Crippen LogP contribution in [0, 0.1) is 6.92 Å². The fourth-order valence-corrected chi connectivity index (χ4v) is 2.57. The van der Waals surface area contributed by atoms with Crippen LogP contribution in [0.5, 0.6) is 5.75 Å². The summed E-state index contributed by atoms with van der Waals surface area (Å²) in [6.07, 6.45) is 2.36. The Labute approximate surface area is 160 Å². The predicted octanol–water partition coefficient (Wildman–Crippen LogP) is 7.22. The number of methoxy groups -OCH3 is 1. The lowest BCUT2D eigenvalue weighted by molar-refractivity contribution is 0.313. The van der Waals surface area contributed by atoms with Crippen LogP contribution in [0.15, 0.2) is 23.8 Å². The summed E-state index contributed by atoms with van der Waals surface area (Å²) in [6, 6.07) is 6.41. The fraction of sp³-hybridized carbons (Fsp3) is 0.652. The summed E-state index contributed by atoms with van der Waals surface area (Å²) in [5, 5.41) is 0. The Morgan fingerprint density at radius 2 is 1.52 bits per heavy atom. The maximum Gasteiger partial charge on any atom is 0.126 e. The van der Waals surface area contributed by atoms with E-state index in [1.54, 1.807) is 12.7 Å². The lowest BCUT2D eigenvalue weighted by Crippen LogP contribution is -2.26. The number of allylic oxidation sites excluding steroid dienone is 1. The van der Waals surface area contributed by atoms with E-state index in [1.807, 2.05) is 41.5 Å². The van der Waals surface area contributed by atoms with Crippen LogP contribution in [0.3, 0.4) is 0 Å². The van der Waals surface area contributed by atoms with Crippen LogP contribution in [0.2, 0.25) is 0 Å². The smallest absolute Gasteiger partial charge is 0.126 e. The van der Waals surface area contributed by atoms with E-state index >= 15 is 0 Å². The van der Waals surface area contributed by atoms with E-state index in [4.69, 9.17) is 6.11 Å². The summed E-state index contributed by atoms with van der Waals surface area (Å²) in [4.78, 5) is 2.39. The molecule has 0 amide bonds. The van der Waals surface area contributed by atoms with Crippen LogP contribution in [0.1, 0.15) is 81.2 Å². The lowest BCUT2D eigenvalue weighted by Gasteiger charge is -2.26. The summed E-state index contributed by atoms with van der Waals surface area (Å²) in [5.41, 5.74) is 5.54. The normalized spacial score (nSPS) is 13.1. The van der Waals surface area contributed by atoms with Crippen molar-refractivity contribution in [3.8, 4) is 5.75 Å². The van der Waals surface area contributed by atoms with Gasteiger partial charge in [-0.05, 0) is 51.4 Å². The van der Waals surface area contributed by atoms with E-state index in [0.717, 1.165) is 5.75 Å². The highest BCUT2D eigenvalue weighted by molar-refractivity contribution is 5.72. The van der Waals surface area contributed by atoms with Crippen LogP contribution in [-0.2, 0) is 0 Å². The standard InChI is InChI=1S/C16H23NO.3C2H6.CH4/c1-12-5-6-16(18-4)15(11-12)13(2)14-7-9-17(3)10-8-14;3*1-2;/h5-6,11H,7-10H2,1-4H3;3*1-2H3;1H4/i;;;;1D. The molecule has 2 nitrogen and oxygen atoms in total. The summed E-state index contributed by atoms with van der Waals surface area (Å²) in [7, 11) is 5.19. The number of rotatable bonds is 2. The topological polar surface area (TPSA) is 12.5 Å². The van der Waals surface area contributed by atoms with E-state index in [2.05, 4.69) is 44.0 Å². The first-order valence-corrected chi connectivity index (χ1v) is 9.64. The maximum absolute atomic E-state index is 5.75. The minimum absolute atomic E-state index is 0.990. The van der Waals surface area contributed by atoms with Crippen molar-refractivity contribution in [2.75, 3.05) is 27.2 Å². The van der Waals surface area contributed by atoms with Gasteiger partial charge in [-0.25, -0.2) is 0 Å². The minimum atomic E-state index is 0.990. The molecule has 2 rings (SSSR count). The molecule has 1 aromatic rings. The van der Waals surface area contributed by atoms with Gasteiger partial charge in [-0.1, -0.05) is 66.1 Å². The fourth-order valence-electron chi connectivity index (χ4n) is 2.57. The SMILES string of the molecule is CC.CC.CC.COc1ccc(C)cc1C(C)=C1CCN(C)CC1.[2H]C. The average molecular weight is 353 g/mol. The highest BCUT2D eigenvalue weighted by atomic mass is 16.5. The second kappa shape index (κ2) is 17.5. The van der Waals surface area contributed by atoms with Gasteiger partial charge in [0.1, 0.15) is 5.75 Å². The first-order chi connectivity index (χ1) is 12.6. The van der Waals surface area contributed by atoms with Crippen molar-refractivity contribution >= 4 is 5.57 Å². The van der Waals surface area contributed by atoms with Crippen LogP contribution in [0.4, 0.5) is 0 Å². The van der Waals surface area contributed by atoms with Crippen LogP contribution < -0.4 is 4.74 Å². The Balaban J connectivity index is -0.000000585. The third kappa shape index (κ3) is 9.69. The number of nitrogens with zero attached hydrogens (tertiary/aromatic N) is 1. The van der Waals surface area contributed by atoms with Gasteiger partial charge in [0.15, 0.2) is 0 Å². The average Bonchev–Trinajstić information content (AvgIpc) is 2.74. The van der Waals surface area contributed by atoms with Crippen LogP contribution in [0.25, 0.3) is 5.57 Å². The van der Waals surface area contributed by atoms with Crippen molar-refractivity contribution in [3.63, 3.8) is 0 Å². The minimum Gasteiger partial charge on any atom is -0.496 e. The predicted molar refractivity (Wildman–Crippen MR) is 118 cm³/mol. The van der Waals surface area contributed by atoms with E-state index in [0.29, 0.717) is 0 Å². The third-order valence-electron chi connectivity index (χ3n) is 3.88. The third-order valence-corrected chi connectivity index (χ3v) is 3.88. The van der Waals surface area contributed by atoms with E-state index in [9.17, 15) is 0 Å². The number of likely N-dealkylation sites (tertiary alicyclic amines) is 1. The van der Waals surface area contributed by atoms with Crippen molar-refractivity contribution in [2.45, 2.75) is 75.6 Å². The Morgan fingerprint density at radius 3 is 1.96 bits per heavy atom. The second-order valence-electron chi connectivity index (χ2n) is 5.24. The van der Waals surface area contributed by atoms with E-state index in [-0.39, 0.29) is 0 Å². The molecule has 1 aliphatic heterocycles. The van der Waals surface area contributed by atoms with Gasteiger partial charge in [-0.3, -0.25) is 0 Å². The van der Waals surface area contributed by atoms with E-state index in [1.165, 1.54) is 50.0 Å². The number of hydrogen-bond acceptors (Lipinski definition) is 2. The lowest BCUT2D eigenvalue weighted by atomic mass is 9.93. The number of piperidine rings is 1. The molecule has 0 unspecified atom stereocenters. The zero-order valence-corrected chi connectivity index (χ0v) is 18.9. The van der Waals surface area contributed by atoms with Gasteiger partial charge in [0.05, 0.1) is 7.11 Å².